The summed E-state index contributed by atoms with van der Waals surface area (Å²) in [5, 5.41) is 0. The lowest BCUT2D eigenvalue weighted by atomic mass is 10.1. The molecule has 8 heteroatoms. The van der Waals surface area contributed by atoms with E-state index in [4.69, 9.17) is 0 Å². The van der Waals surface area contributed by atoms with Crippen LogP contribution in [0.5, 0.6) is 0 Å². The summed E-state index contributed by atoms with van der Waals surface area (Å²) in [6.45, 7) is 2.47. The van der Waals surface area contributed by atoms with E-state index in [0.29, 0.717) is 18.5 Å². The monoisotopic (exact) mass is 365 g/mol. The van der Waals surface area contributed by atoms with Gasteiger partial charge in [-0.1, -0.05) is 18.2 Å². The smallest absolute Gasteiger partial charge is 0.241 e. The normalized spacial score (nSPS) is 18.8. The van der Waals surface area contributed by atoms with Crippen molar-refractivity contribution in [2.24, 2.45) is 0 Å². The number of amides is 1. The average molecular weight is 365 g/mol. The number of nitrogens with zero attached hydrogens (tertiary/aromatic N) is 2. The fraction of sp³-hybridized carbons (Fsp3) is 0.375. The first kappa shape index (κ1) is 17.1. The van der Waals surface area contributed by atoms with Crippen LogP contribution in [0.25, 0.3) is 0 Å². The first-order valence-electron chi connectivity index (χ1n) is 7.62. The number of aromatic nitrogens is 1. The Morgan fingerprint density at radius 2 is 2.17 bits per heavy atom. The third-order valence-electron chi connectivity index (χ3n) is 4.18. The lowest BCUT2D eigenvalue weighted by Crippen LogP contribution is -2.51. The van der Waals surface area contributed by atoms with Gasteiger partial charge >= 0.3 is 0 Å². The highest BCUT2D eigenvalue weighted by Gasteiger charge is 2.34. The van der Waals surface area contributed by atoms with Crippen molar-refractivity contribution in [2.75, 3.05) is 13.6 Å². The van der Waals surface area contributed by atoms with Crippen molar-refractivity contribution in [3.8, 4) is 0 Å². The number of carbonyl (C=O) groups excluding carboxylic acids is 1. The van der Waals surface area contributed by atoms with Crippen LogP contribution in [0.2, 0.25) is 0 Å². The molecule has 0 spiro atoms. The Kier molecular flexibility index (Phi) is 4.71. The van der Waals surface area contributed by atoms with Crippen molar-refractivity contribution >= 4 is 27.3 Å². The van der Waals surface area contributed by atoms with Crippen molar-refractivity contribution in [1.82, 2.24) is 14.6 Å². The third-order valence-corrected chi connectivity index (χ3v) is 6.74. The van der Waals surface area contributed by atoms with Gasteiger partial charge in [0.05, 0.1) is 16.1 Å². The fourth-order valence-electron chi connectivity index (χ4n) is 2.80. The molecule has 0 radical (unpaired) electrons. The van der Waals surface area contributed by atoms with Gasteiger partial charge in [-0.15, -0.1) is 11.3 Å². The van der Waals surface area contributed by atoms with Gasteiger partial charge in [0, 0.05) is 24.9 Å². The second-order valence-electron chi connectivity index (χ2n) is 5.86. The maximum atomic E-state index is 12.6. The molecule has 2 aromatic rings. The van der Waals surface area contributed by atoms with Crippen LogP contribution in [0.15, 0.2) is 34.7 Å². The lowest BCUT2D eigenvalue weighted by Gasteiger charge is -2.28. The zero-order valence-electron chi connectivity index (χ0n) is 13.5. The zero-order valence-corrected chi connectivity index (χ0v) is 15.2. The molecule has 0 unspecified atom stereocenters. The Balaban J connectivity index is 1.70. The first-order valence-corrected chi connectivity index (χ1v) is 9.99. The number of hydrogen-bond acceptors (Lipinski definition) is 5. The van der Waals surface area contributed by atoms with Gasteiger partial charge in [-0.3, -0.25) is 4.79 Å². The number of rotatable bonds is 4. The number of sulfonamides is 1. The van der Waals surface area contributed by atoms with Crippen LogP contribution in [0.3, 0.4) is 0 Å². The second-order valence-corrected chi connectivity index (χ2v) is 8.48. The van der Waals surface area contributed by atoms with Crippen LogP contribution in [0.1, 0.15) is 16.1 Å². The van der Waals surface area contributed by atoms with Crippen LogP contribution in [-0.2, 0) is 27.7 Å². The summed E-state index contributed by atoms with van der Waals surface area (Å²) < 4.78 is 27.1. The number of likely N-dealkylation sites (N-methyl/N-ethyl adjacent to an activating group) is 1. The minimum atomic E-state index is -3.64. The molecule has 0 bridgehead atoms. The van der Waals surface area contributed by atoms with Crippen molar-refractivity contribution in [1.29, 1.82) is 0 Å². The molecule has 24 heavy (non-hydrogen) atoms. The molecule has 6 nitrogen and oxygen atoms in total. The summed E-state index contributed by atoms with van der Waals surface area (Å²) in [4.78, 5) is 19.8. The SMILES string of the molecule is Cc1ncsc1CCN(C)C(=O)[C@@H]1Cc2ccccc2S(=O)(=O)N1. The molecule has 0 saturated heterocycles. The number of nitrogens with one attached hydrogen (secondary N) is 1. The van der Waals surface area contributed by atoms with Gasteiger partial charge in [-0.25, -0.2) is 13.4 Å². The molecule has 1 amide bonds. The van der Waals surface area contributed by atoms with E-state index in [1.54, 1.807) is 53.1 Å². The summed E-state index contributed by atoms with van der Waals surface area (Å²) in [5.74, 6) is -0.213. The molecule has 3 rings (SSSR count). The van der Waals surface area contributed by atoms with Gasteiger partial charge < -0.3 is 4.90 Å². The zero-order chi connectivity index (χ0) is 17.3. The van der Waals surface area contributed by atoms with E-state index in [1.807, 2.05) is 6.92 Å². The highest BCUT2D eigenvalue weighted by atomic mass is 32.2. The highest BCUT2D eigenvalue weighted by molar-refractivity contribution is 7.89. The van der Waals surface area contributed by atoms with E-state index < -0.39 is 16.1 Å². The maximum Gasteiger partial charge on any atom is 0.241 e. The molecule has 1 aromatic heterocycles. The van der Waals surface area contributed by atoms with E-state index in [2.05, 4.69) is 9.71 Å². The number of fused-ring (bicyclic) bond motifs is 1. The van der Waals surface area contributed by atoms with Crippen molar-refractivity contribution < 1.29 is 13.2 Å². The highest BCUT2D eigenvalue weighted by Crippen LogP contribution is 2.23. The molecule has 1 aromatic carbocycles. The van der Waals surface area contributed by atoms with Gasteiger partial charge in [-0.2, -0.15) is 4.72 Å². The Morgan fingerprint density at radius 3 is 2.88 bits per heavy atom. The van der Waals surface area contributed by atoms with Crippen LogP contribution in [-0.4, -0.2) is 43.8 Å². The quantitative estimate of drug-likeness (QED) is 0.887. The van der Waals surface area contributed by atoms with Crippen LogP contribution in [0, 0.1) is 6.92 Å². The molecule has 1 N–H and O–H groups in total. The molecule has 1 atom stereocenters. The van der Waals surface area contributed by atoms with Gasteiger partial charge in [-0.05, 0) is 25.0 Å². The van der Waals surface area contributed by atoms with Crippen LogP contribution >= 0.6 is 11.3 Å². The number of carbonyl (C=O) groups is 1. The van der Waals surface area contributed by atoms with Crippen molar-refractivity contribution in [3.05, 3.63) is 45.9 Å². The van der Waals surface area contributed by atoms with Gasteiger partial charge in [0.25, 0.3) is 0 Å². The standard InChI is InChI=1S/C16H19N3O3S2/c1-11-14(23-10-17-11)7-8-19(2)16(20)13-9-12-5-3-4-6-15(12)24(21,22)18-13/h3-6,10,13,18H,7-9H2,1-2H3/t13-/m0/s1. The minimum absolute atomic E-state index is 0.213. The average Bonchev–Trinajstić information content (AvgIpc) is 2.96. The summed E-state index contributed by atoms with van der Waals surface area (Å²) in [6.07, 6.45) is 1.09. The predicted molar refractivity (Wildman–Crippen MR) is 92.4 cm³/mol. The molecule has 1 aliphatic heterocycles. The number of hydrogen-bond donors (Lipinski definition) is 1. The second kappa shape index (κ2) is 6.62. The van der Waals surface area contributed by atoms with Crippen LogP contribution in [0.4, 0.5) is 0 Å². The Labute approximate surface area is 145 Å². The van der Waals surface area contributed by atoms with E-state index in [-0.39, 0.29) is 10.8 Å². The summed E-state index contributed by atoms with van der Waals surface area (Å²) >= 11 is 1.57. The summed E-state index contributed by atoms with van der Waals surface area (Å²) in [7, 11) is -1.94. The topological polar surface area (TPSA) is 79.4 Å². The molecule has 1 aliphatic rings. The molecule has 0 aliphatic carbocycles. The predicted octanol–water partition coefficient (Wildman–Crippen LogP) is 1.36. The van der Waals surface area contributed by atoms with E-state index in [9.17, 15) is 13.2 Å². The molecule has 0 fully saturated rings. The van der Waals surface area contributed by atoms with Crippen molar-refractivity contribution in [3.63, 3.8) is 0 Å². The number of aryl methyl sites for hydroxylation is 1. The fourth-order valence-corrected chi connectivity index (χ4v) is 5.01. The summed E-state index contributed by atoms with van der Waals surface area (Å²) in [5.41, 5.74) is 3.45. The number of benzene rings is 1. The first-order chi connectivity index (χ1) is 11.4. The van der Waals surface area contributed by atoms with Gasteiger partial charge in [0.15, 0.2) is 0 Å². The Morgan fingerprint density at radius 1 is 1.42 bits per heavy atom. The molecular weight excluding hydrogens is 346 g/mol. The van der Waals surface area contributed by atoms with Crippen molar-refractivity contribution in [2.45, 2.75) is 30.7 Å². The Hall–Kier alpha value is -1.77. The molecule has 128 valence electrons. The molecular formula is C16H19N3O3S2. The van der Waals surface area contributed by atoms with Gasteiger partial charge in [0.1, 0.15) is 6.04 Å². The van der Waals surface area contributed by atoms with E-state index in [0.717, 1.165) is 17.0 Å². The van der Waals surface area contributed by atoms with Crippen LogP contribution < -0.4 is 4.72 Å². The third kappa shape index (κ3) is 3.35. The Bertz CT molecular complexity index is 861. The molecule has 2 heterocycles. The lowest BCUT2D eigenvalue weighted by molar-refractivity contribution is -0.131. The largest absolute Gasteiger partial charge is 0.344 e. The maximum absolute atomic E-state index is 12.6. The van der Waals surface area contributed by atoms with E-state index >= 15 is 0 Å². The minimum Gasteiger partial charge on any atom is -0.344 e. The number of thiazole rings is 1. The summed E-state index contributed by atoms with van der Waals surface area (Å²) in [6, 6.07) is 6.04. The molecule has 0 saturated carbocycles. The van der Waals surface area contributed by atoms with Gasteiger partial charge in [0.2, 0.25) is 15.9 Å². The van der Waals surface area contributed by atoms with E-state index in [1.165, 1.54) is 0 Å².